The Balaban J connectivity index is 4.53. The van der Waals surface area contributed by atoms with Crippen LogP contribution >= 0.6 is 0 Å². The van der Waals surface area contributed by atoms with E-state index in [0.29, 0.717) is 0 Å². The molecule has 0 aromatic carbocycles. The van der Waals surface area contributed by atoms with E-state index >= 15 is 0 Å². The average molecular weight is 256 g/mol. The van der Waals surface area contributed by atoms with Gasteiger partial charge in [0.25, 0.3) is 0 Å². The van der Waals surface area contributed by atoms with Crippen molar-refractivity contribution in [3.63, 3.8) is 0 Å². The van der Waals surface area contributed by atoms with E-state index in [0.717, 1.165) is 6.42 Å². The molecule has 18 heavy (non-hydrogen) atoms. The standard InChI is InChI=1S/C13H20O5/c1-5-13(3,4)6-10(12(16)17)8-18-7-9(2)11(14)15/h6H,2,5,7-8H2,1,3-4H3,(H,14,15)(H,16,17)/b10-6-. The number of hydrogen-bond donors (Lipinski definition) is 2. The van der Waals surface area contributed by atoms with E-state index in [1.165, 1.54) is 0 Å². The normalized spacial score (nSPS) is 12.3. The molecule has 0 fully saturated rings. The van der Waals surface area contributed by atoms with E-state index in [1.807, 2.05) is 20.8 Å². The molecule has 0 aliphatic rings. The van der Waals surface area contributed by atoms with Crippen LogP contribution in [0.3, 0.4) is 0 Å². The summed E-state index contributed by atoms with van der Waals surface area (Å²) in [7, 11) is 0. The fourth-order valence-corrected chi connectivity index (χ4v) is 1.08. The summed E-state index contributed by atoms with van der Waals surface area (Å²) in [5.41, 5.74) is -0.213. The highest BCUT2D eigenvalue weighted by Crippen LogP contribution is 2.23. The van der Waals surface area contributed by atoms with Crippen molar-refractivity contribution in [2.24, 2.45) is 5.41 Å². The van der Waals surface area contributed by atoms with Crippen LogP contribution in [0.15, 0.2) is 23.8 Å². The molecule has 0 atom stereocenters. The number of carbonyl (C=O) groups is 2. The van der Waals surface area contributed by atoms with Crippen LogP contribution in [-0.2, 0) is 14.3 Å². The molecule has 102 valence electrons. The lowest BCUT2D eigenvalue weighted by molar-refractivity contribution is -0.133. The van der Waals surface area contributed by atoms with Crippen molar-refractivity contribution < 1.29 is 24.5 Å². The minimum Gasteiger partial charge on any atom is -0.478 e. The molecule has 5 nitrogen and oxygen atoms in total. The van der Waals surface area contributed by atoms with Crippen LogP contribution in [0, 0.1) is 5.41 Å². The zero-order valence-electron chi connectivity index (χ0n) is 11.0. The van der Waals surface area contributed by atoms with Crippen molar-refractivity contribution in [1.82, 2.24) is 0 Å². The number of allylic oxidation sites excluding steroid dienone is 1. The van der Waals surface area contributed by atoms with Crippen LogP contribution in [0.2, 0.25) is 0 Å². The lowest BCUT2D eigenvalue weighted by Crippen LogP contribution is -2.16. The Morgan fingerprint density at radius 2 is 1.78 bits per heavy atom. The first kappa shape index (κ1) is 16.4. The molecule has 2 N–H and O–H groups in total. The first-order chi connectivity index (χ1) is 8.19. The number of carboxylic acids is 2. The topological polar surface area (TPSA) is 83.8 Å². The van der Waals surface area contributed by atoms with Gasteiger partial charge in [-0.05, 0) is 11.8 Å². The Kier molecular flexibility index (Phi) is 6.33. The average Bonchev–Trinajstić information content (AvgIpc) is 2.27. The van der Waals surface area contributed by atoms with Crippen molar-refractivity contribution in [2.75, 3.05) is 13.2 Å². The van der Waals surface area contributed by atoms with E-state index in [-0.39, 0.29) is 29.8 Å². The Morgan fingerprint density at radius 3 is 2.17 bits per heavy atom. The molecule has 0 heterocycles. The van der Waals surface area contributed by atoms with Gasteiger partial charge in [0, 0.05) is 0 Å². The minimum absolute atomic E-state index is 0.102. The summed E-state index contributed by atoms with van der Waals surface area (Å²) in [4.78, 5) is 21.5. The van der Waals surface area contributed by atoms with Crippen LogP contribution in [0.25, 0.3) is 0 Å². The quantitative estimate of drug-likeness (QED) is 0.650. The maximum Gasteiger partial charge on any atom is 0.333 e. The van der Waals surface area contributed by atoms with E-state index in [1.54, 1.807) is 6.08 Å². The summed E-state index contributed by atoms with van der Waals surface area (Å²) in [5, 5.41) is 17.6. The van der Waals surface area contributed by atoms with Gasteiger partial charge < -0.3 is 14.9 Å². The van der Waals surface area contributed by atoms with E-state index in [4.69, 9.17) is 14.9 Å². The fraction of sp³-hybridized carbons (Fsp3) is 0.538. The highest BCUT2D eigenvalue weighted by Gasteiger charge is 2.17. The molecular formula is C13H20O5. The number of aliphatic carboxylic acids is 2. The maximum absolute atomic E-state index is 11.0. The molecule has 0 saturated carbocycles. The summed E-state index contributed by atoms with van der Waals surface area (Å²) in [6, 6.07) is 0. The van der Waals surface area contributed by atoms with Gasteiger partial charge in [-0.25, -0.2) is 9.59 Å². The number of ether oxygens (including phenoxy) is 1. The molecule has 0 radical (unpaired) electrons. The summed E-state index contributed by atoms with van der Waals surface area (Å²) >= 11 is 0. The predicted molar refractivity (Wildman–Crippen MR) is 67.4 cm³/mol. The molecule has 0 spiro atoms. The second-order valence-corrected chi connectivity index (χ2v) is 4.72. The second-order valence-electron chi connectivity index (χ2n) is 4.72. The first-order valence-electron chi connectivity index (χ1n) is 5.63. The van der Waals surface area contributed by atoms with Crippen molar-refractivity contribution in [1.29, 1.82) is 0 Å². The third-order valence-corrected chi connectivity index (χ3v) is 2.59. The maximum atomic E-state index is 11.0. The molecule has 0 rings (SSSR count). The number of hydrogen-bond acceptors (Lipinski definition) is 3. The van der Waals surface area contributed by atoms with Gasteiger partial charge >= 0.3 is 11.9 Å². The number of rotatable bonds is 8. The van der Waals surface area contributed by atoms with Crippen molar-refractivity contribution in [3.05, 3.63) is 23.8 Å². The number of carboxylic acid groups (broad SMARTS) is 2. The molecule has 0 bridgehead atoms. The van der Waals surface area contributed by atoms with Gasteiger partial charge in [0.05, 0.1) is 24.4 Å². The van der Waals surface area contributed by atoms with Crippen molar-refractivity contribution >= 4 is 11.9 Å². The molecule has 5 heteroatoms. The predicted octanol–water partition coefficient (Wildman–Crippen LogP) is 2.09. The van der Waals surface area contributed by atoms with E-state index < -0.39 is 11.9 Å². The molecule has 0 aliphatic heterocycles. The Morgan fingerprint density at radius 1 is 1.22 bits per heavy atom. The minimum atomic E-state index is -1.15. The van der Waals surface area contributed by atoms with Crippen LogP contribution in [0.4, 0.5) is 0 Å². The van der Waals surface area contributed by atoms with Gasteiger partial charge in [0.2, 0.25) is 0 Å². The largest absolute Gasteiger partial charge is 0.478 e. The first-order valence-corrected chi connectivity index (χ1v) is 5.63. The monoisotopic (exact) mass is 256 g/mol. The van der Waals surface area contributed by atoms with Gasteiger partial charge in [0.15, 0.2) is 0 Å². The van der Waals surface area contributed by atoms with Crippen LogP contribution in [0.5, 0.6) is 0 Å². The van der Waals surface area contributed by atoms with Gasteiger partial charge in [-0.15, -0.1) is 0 Å². The van der Waals surface area contributed by atoms with Crippen LogP contribution in [-0.4, -0.2) is 35.4 Å². The van der Waals surface area contributed by atoms with Crippen LogP contribution in [0.1, 0.15) is 27.2 Å². The zero-order chi connectivity index (χ0) is 14.3. The lowest BCUT2D eigenvalue weighted by Gasteiger charge is -2.18. The highest BCUT2D eigenvalue weighted by molar-refractivity contribution is 5.87. The van der Waals surface area contributed by atoms with Gasteiger partial charge in [-0.3, -0.25) is 0 Å². The molecule has 0 saturated heterocycles. The summed E-state index contributed by atoms with van der Waals surface area (Å²) in [6.07, 6.45) is 2.43. The summed E-state index contributed by atoms with van der Waals surface area (Å²) < 4.78 is 5.04. The Bertz CT molecular complexity index is 366. The van der Waals surface area contributed by atoms with Crippen LogP contribution < -0.4 is 0 Å². The smallest absolute Gasteiger partial charge is 0.333 e. The molecule has 0 aromatic rings. The molecular weight excluding hydrogens is 236 g/mol. The third-order valence-electron chi connectivity index (χ3n) is 2.59. The van der Waals surface area contributed by atoms with E-state index in [2.05, 4.69) is 6.58 Å². The van der Waals surface area contributed by atoms with Gasteiger partial charge in [-0.1, -0.05) is 33.4 Å². The van der Waals surface area contributed by atoms with E-state index in [9.17, 15) is 9.59 Å². The summed E-state index contributed by atoms with van der Waals surface area (Å²) in [5.74, 6) is -2.21. The fourth-order valence-electron chi connectivity index (χ4n) is 1.08. The molecule has 0 aliphatic carbocycles. The van der Waals surface area contributed by atoms with Crippen molar-refractivity contribution in [2.45, 2.75) is 27.2 Å². The SMILES string of the molecule is C=C(COC/C(=C/C(C)(C)CC)C(=O)O)C(=O)O. The Labute approximate surface area is 107 Å². The highest BCUT2D eigenvalue weighted by atomic mass is 16.5. The van der Waals surface area contributed by atoms with Gasteiger partial charge in [0.1, 0.15) is 0 Å². The molecule has 0 amide bonds. The Hall–Kier alpha value is -1.62. The van der Waals surface area contributed by atoms with Crippen molar-refractivity contribution in [3.8, 4) is 0 Å². The summed E-state index contributed by atoms with van der Waals surface area (Å²) in [6.45, 7) is 8.78. The second kappa shape index (κ2) is 6.96. The zero-order valence-corrected chi connectivity index (χ0v) is 11.0. The molecule has 0 unspecified atom stereocenters. The third kappa shape index (κ3) is 6.20. The lowest BCUT2D eigenvalue weighted by atomic mass is 9.88. The molecule has 0 aromatic heterocycles. The van der Waals surface area contributed by atoms with Gasteiger partial charge in [-0.2, -0.15) is 0 Å².